The van der Waals surface area contributed by atoms with Crippen LogP contribution in [0.25, 0.3) is 67.4 Å². The van der Waals surface area contributed by atoms with Gasteiger partial charge in [0.2, 0.25) is 5.71 Å². The lowest BCUT2D eigenvalue weighted by Crippen LogP contribution is -2.23. The lowest BCUT2D eigenvalue weighted by molar-refractivity contribution is 0.491. The molecule has 0 atom stereocenters. The number of nitrogens with zero attached hydrogens (tertiary/aromatic N) is 4. The lowest BCUT2D eigenvalue weighted by Gasteiger charge is -2.29. The fraction of sp³-hybridized carbons (Fsp3) is 0.135. The summed E-state index contributed by atoms with van der Waals surface area (Å²) in [5.74, 6) is 1.98. The van der Waals surface area contributed by atoms with Crippen LogP contribution >= 0.6 is 0 Å². The monoisotopic (exact) mass is 544 g/mol. The average molecular weight is 545 g/mol. The van der Waals surface area contributed by atoms with Crippen LogP contribution in [0.15, 0.2) is 114 Å². The van der Waals surface area contributed by atoms with Gasteiger partial charge in [0.1, 0.15) is 5.58 Å². The summed E-state index contributed by atoms with van der Waals surface area (Å²) < 4.78 is 6.28. The van der Waals surface area contributed by atoms with Gasteiger partial charge in [0, 0.05) is 39.1 Å². The summed E-state index contributed by atoms with van der Waals surface area (Å²) >= 11 is 0. The van der Waals surface area contributed by atoms with Gasteiger partial charge in [0.15, 0.2) is 17.5 Å². The van der Waals surface area contributed by atoms with Crippen molar-refractivity contribution in [1.29, 1.82) is 0 Å². The zero-order valence-electron chi connectivity index (χ0n) is 23.5. The summed E-state index contributed by atoms with van der Waals surface area (Å²) in [5, 5.41) is 2.15. The van der Waals surface area contributed by atoms with Crippen LogP contribution in [0.3, 0.4) is 0 Å². The van der Waals surface area contributed by atoms with Crippen LogP contribution in [-0.4, -0.2) is 19.9 Å². The minimum absolute atomic E-state index is 0.127. The predicted molar refractivity (Wildman–Crippen MR) is 168 cm³/mol. The van der Waals surface area contributed by atoms with Crippen LogP contribution in [0.4, 0.5) is 0 Å². The van der Waals surface area contributed by atoms with Gasteiger partial charge < -0.3 is 4.42 Å². The van der Waals surface area contributed by atoms with Crippen molar-refractivity contribution in [2.45, 2.75) is 32.1 Å². The van der Waals surface area contributed by atoms with Crippen LogP contribution in [0.5, 0.6) is 0 Å². The van der Waals surface area contributed by atoms with E-state index in [1.54, 1.807) is 6.20 Å². The normalized spacial score (nSPS) is 13.4. The Balaban J connectivity index is 1.43. The molecular weight excluding hydrogens is 516 g/mol. The maximum atomic E-state index is 6.28. The molecule has 0 bridgehead atoms. The molecule has 0 amide bonds. The molecule has 0 unspecified atom stereocenters. The Hall–Kier alpha value is -5.16. The molecule has 7 aromatic rings. The fourth-order valence-electron chi connectivity index (χ4n) is 6.77. The molecule has 0 saturated carbocycles. The smallest absolute Gasteiger partial charge is 0.227 e. The van der Waals surface area contributed by atoms with Crippen LogP contribution < -0.4 is 0 Å². The Kier molecular flexibility index (Phi) is 5.54. The van der Waals surface area contributed by atoms with Gasteiger partial charge in [-0.3, -0.25) is 0 Å². The molecule has 1 aliphatic rings. The van der Waals surface area contributed by atoms with Gasteiger partial charge in [-0.15, -0.1) is 0 Å². The summed E-state index contributed by atoms with van der Waals surface area (Å²) in [6.07, 6.45) is 3.74. The highest BCUT2D eigenvalue weighted by atomic mass is 16.3. The minimum atomic E-state index is -0.127. The van der Waals surface area contributed by atoms with Crippen molar-refractivity contribution in [2.75, 3.05) is 0 Å². The summed E-state index contributed by atoms with van der Waals surface area (Å²) in [5.41, 5.74) is 9.30. The van der Waals surface area contributed by atoms with Gasteiger partial charge in [0.25, 0.3) is 0 Å². The van der Waals surface area contributed by atoms with Crippen LogP contribution in [0.1, 0.15) is 37.8 Å². The lowest BCUT2D eigenvalue weighted by atomic mass is 9.73. The molecule has 0 N–H and O–H groups in total. The van der Waals surface area contributed by atoms with E-state index in [-0.39, 0.29) is 5.41 Å². The van der Waals surface area contributed by atoms with Crippen molar-refractivity contribution in [3.63, 3.8) is 0 Å². The molecule has 0 fully saturated rings. The van der Waals surface area contributed by atoms with Crippen molar-refractivity contribution in [3.05, 3.63) is 120 Å². The first-order valence-electron chi connectivity index (χ1n) is 14.5. The van der Waals surface area contributed by atoms with Gasteiger partial charge >= 0.3 is 0 Å². The van der Waals surface area contributed by atoms with E-state index in [1.165, 1.54) is 22.3 Å². The molecule has 0 saturated heterocycles. The number of aromatic nitrogens is 4. The number of rotatable bonds is 5. The molecule has 3 heterocycles. The maximum absolute atomic E-state index is 6.28. The van der Waals surface area contributed by atoms with E-state index in [0.717, 1.165) is 45.9 Å². The number of pyridine rings is 1. The maximum Gasteiger partial charge on any atom is 0.227 e. The molecule has 5 heteroatoms. The average Bonchev–Trinajstić information content (AvgIpc) is 3.56. The summed E-state index contributed by atoms with van der Waals surface area (Å²) in [7, 11) is 0. The van der Waals surface area contributed by atoms with Crippen LogP contribution in [0.2, 0.25) is 0 Å². The Bertz CT molecular complexity index is 2050. The van der Waals surface area contributed by atoms with Crippen molar-refractivity contribution in [2.24, 2.45) is 0 Å². The first-order valence-corrected chi connectivity index (χ1v) is 14.5. The van der Waals surface area contributed by atoms with Gasteiger partial charge in [-0.2, -0.15) is 0 Å². The van der Waals surface area contributed by atoms with E-state index >= 15 is 0 Å². The third-order valence-electron chi connectivity index (χ3n) is 8.90. The topological polar surface area (TPSA) is 64.7 Å². The van der Waals surface area contributed by atoms with E-state index in [2.05, 4.69) is 55.2 Å². The highest BCUT2D eigenvalue weighted by molar-refractivity contribution is 6.07. The summed E-state index contributed by atoms with van der Waals surface area (Å²) in [6, 6.07) is 35.5. The summed E-state index contributed by atoms with van der Waals surface area (Å²) in [6.45, 7) is 4.58. The highest BCUT2D eigenvalue weighted by Gasteiger charge is 2.42. The second-order valence-electron chi connectivity index (χ2n) is 10.9. The largest absolute Gasteiger partial charge is 0.438 e. The van der Waals surface area contributed by atoms with Crippen molar-refractivity contribution in [1.82, 2.24) is 19.9 Å². The van der Waals surface area contributed by atoms with Gasteiger partial charge in [-0.05, 0) is 59.4 Å². The van der Waals surface area contributed by atoms with Crippen LogP contribution in [0, 0.1) is 0 Å². The number of hydrogen-bond donors (Lipinski definition) is 0. The Morgan fingerprint density at radius 2 is 1.26 bits per heavy atom. The van der Waals surface area contributed by atoms with E-state index in [9.17, 15) is 0 Å². The molecule has 8 rings (SSSR count). The van der Waals surface area contributed by atoms with Gasteiger partial charge in [-0.1, -0.05) is 92.7 Å². The molecule has 202 valence electrons. The van der Waals surface area contributed by atoms with E-state index in [1.807, 2.05) is 66.7 Å². The molecule has 42 heavy (non-hydrogen) atoms. The Morgan fingerprint density at radius 3 is 1.93 bits per heavy atom. The number of benzene rings is 4. The van der Waals surface area contributed by atoms with Crippen molar-refractivity contribution >= 4 is 22.1 Å². The standard InChI is InChI=1S/C37H28N4O/c1-3-37(4-2)29-19-11-17-26(32(29)28-22-31-27(21-30(28)37)25-18-12-20-38-36(25)42-31)35-40-33(23-13-7-5-8-14-23)39-34(41-35)24-15-9-6-10-16-24/h5-22H,3-4H2,1-2H3. The summed E-state index contributed by atoms with van der Waals surface area (Å²) in [4.78, 5) is 19.6. The highest BCUT2D eigenvalue weighted by Crippen LogP contribution is 2.56. The molecule has 0 spiro atoms. The quantitative estimate of drug-likeness (QED) is 0.216. The molecule has 4 aromatic carbocycles. The van der Waals surface area contributed by atoms with E-state index in [4.69, 9.17) is 19.4 Å². The zero-order valence-corrected chi connectivity index (χ0v) is 23.5. The fourth-order valence-corrected chi connectivity index (χ4v) is 6.77. The van der Waals surface area contributed by atoms with E-state index < -0.39 is 0 Å². The van der Waals surface area contributed by atoms with E-state index in [0.29, 0.717) is 23.2 Å². The van der Waals surface area contributed by atoms with Crippen molar-refractivity contribution in [3.8, 4) is 45.3 Å². The van der Waals surface area contributed by atoms with Crippen LogP contribution in [-0.2, 0) is 5.41 Å². The first kappa shape index (κ1) is 24.6. The SMILES string of the molecule is CCC1(CC)c2cc3c(cc2-c2c(-c4nc(-c5ccccc5)nc(-c5ccccc5)n4)cccc21)oc1ncccc13. The molecule has 5 nitrogen and oxygen atoms in total. The van der Waals surface area contributed by atoms with Gasteiger partial charge in [-0.25, -0.2) is 19.9 Å². The third kappa shape index (κ3) is 3.56. The molecule has 0 radical (unpaired) electrons. The van der Waals surface area contributed by atoms with Gasteiger partial charge in [0.05, 0.1) is 0 Å². The minimum Gasteiger partial charge on any atom is -0.438 e. The third-order valence-corrected chi connectivity index (χ3v) is 8.90. The molecule has 0 aliphatic heterocycles. The second kappa shape index (κ2) is 9.45. The molecular formula is C37H28N4O. The Labute approximate surface area is 244 Å². The molecule has 3 aromatic heterocycles. The number of furan rings is 1. The molecule has 1 aliphatic carbocycles. The second-order valence-corrected chi connectivity index (χ2v) is 10.9. The number of hydrogen-bond acceptors (Lipinski definition) is 5. The first-order chi connectivity index (χ1) is 20.7. The predicted octanol–water partition coefficient (Wildman–Crippen LogP) is 9.25. The van der Waals surface area contributed by atoms with Crippen molar-refractivity contribution < 1.29 is 4.42 Å². The Morgan fingerprint density at radius 1 is 0.595 bits per heavy atom. The zero-order chi connectivity index (χ0) is 28.3. The number of fused-ring (bicyclic) bond motifs is 6.